The zero-order valence-corrected chi connectivity index (χ0v) is 12.7. The van der Waals surface area contributed by atoms with Crippen molar-refractivity contribution in [3.8, 4) is 11.4 Å². The molecule has 0 unspecified atom stereocenters. The van der Waals surface area contributed by atoms with Gasteiger partial charge in [0.1, 0.15) is 5.82 Å². The van der Waals surface area contributed by atoms with Gasteiger partial charge in [-0.25, -0.2) is 4.98 Å². The third-order valence-corrected chi connectivity index (χ3v) is 4.50. The Bertz CT molecular complexity index is 783. The Kier molecular flexibility index (Phi) is 3.44. The lowest BCUT2D eigenvalue weighted by Gasteiger charge is -2.16. The van der Waals surface area contributed by atoms with Crippen molar-refractivity contribution in [2.24, 2.45) is 5.92 Å². The Morgan fingerprint density at radius 3 is 2.83 bits per heavy atom. The maximum absolute atomic E-state index is 12.2. The molecule has 1 N–H and O–H groups in total. The van der Waals surface area contributed by atoms with E-state index in [0.29, 0.717) is 23.8 Å². The van der Waals surface area contributed by atoms with E-state index < -0.39 is 0 Å². The Balaban J connectivity index is 1.58. The van der Waals surface area contributed by atoms with Gasteiger partial charge in [-0.05, 0) is 31.4 Å². The predicted octanol–water partition coefficient (Wildman–Crippen LogP) is 1.56. The normalized spacial score (nSPS) is 20.7. The molecule has 6 heteroatoms. The van der Waals surface area contributed by atoms with Crippen LogP contribution >= 0.6 is 0 Å². The summed E-state index contributed by atoms with van der Waals surface area (Å²) in [6.07, 6.45) is 4.56. The minimum Gasteiger partial charge on any atom is -0.342 e. The molecule has 23 heavy (non-hydrogen) atoms. The van der Waals surface area contributed by atoms with Crippen LogP contribution in [0.4, 0.5) is 0 Å². The second-order valence-electron chi connectivity index (χ2n) is 6.27. The van der Waals surface area contributed by atoms with E-state index in [9.17, 15) is 9.59 Å². The molecule has 118 valence electrons. The highest BCUT2D eigenvalue weighted by Crippen LogP contribution is 2.34. The van der Waals surface area contributed by atoms with Crippen molar-refractivity contribution in [3.05, 3.63) is 46.6 Å². The summed E-state index contributed by atoms with van der Waals surface area (Å²) >= 11 is 0. The summed E-state index contributed by atoms with van der Waals surface area (Å²) in [6, 6.07) is 7.00. The molecule has 0 radical (unpaired) electrons. The predicted molar refractivity (Wildman–Crippen MR) is 84.8 cm³/mol. The minimum atomic E-state index is -0.178. The first-order valence-corrected chi connectivity index (χ1v) is 8.02. The molecule has 2 aromatic heterocycles. The second-order valence-corrected chi connectivity index (χ2v) is 6.27. The zero-order chi connectivity index (χ0) is 15.8. The Morgan fingerprint density at radius 2 is 2.09 bits per heavy atom. The van der Waals surface area contributed by atoms with Gasteiger partial charge in [0.2, 0.25) is 5.91 Å². The average Bonchev–Trinajstić information content (AvgIpc) is 3.31. The fourth-order valence-electron chi connectivity index (χ4n) is 3.09. The molecule has 6 nitrogen and oxygen atoms in total. The molecule has 4 rings (SSSR count). The van der Waals surface area contributed by atoms with Gasteiger partial charge in [-0.2, -0.15) is 0 Å². The second kappa shape index (κ2) is 5.61. The summed E-state index contributed by atoms with van der Waals surface area (Å²) in [5.74, 6) is 1.25. The van der Waals surface area contributed by atoms with E-state index in [1.165, 1.54) is 6.07 Å². The number of aromatic nitrogens is 3. The standard InChI is InChI=1S/C17H18N4O2/c22-15-9-14(13-3-1-2-7-18-13)19-16(20-15)12-6-8-21(10-12)17(23)11-4-5-11/h1-3,7,9,11-12H,4-6,8,10H2,(H,19,20,22)/t12-/m0/s1. The number of carbonyl (C=O) groups excluding carboxylic acids is 1. The molecule has 1 saturated heterocycles. The van der Waals surface area contributed by atoms with Crippen molar-refractivity contribution < 1.29 is 4.79 Å². The number of pyridine rings is 1. The first kappa shape index (κ1) is 14.1. The summed E-state index contributed by atoms with van der Waals surface area (Å²) in [4.78, 5) is 37.7. The van der Waals surface area contributed by atoms with Crippen molar-refractivity contribution in [1.82, 2.24) is 19.9 Å². The van der Waals surface area contributed by atoms with E-state index >= 15 is 0 Å². The van der Waals surface area contributed by atoms with Crippen LogP contribution in [0.5, 0.6) is 0 Å². The molecular formula is C17H18N4O2. The van der Waals surface area contributed by atoms with Crippen molar-refractivity contribution in [1.29, 1.82) is 0 Å². The van der Waals surface area contributed by atoms with Crippen LogP contribution in [0.15, 0.2) is 35.3 Å². The monoisotopic (exact) mass is 310 g/mol. The zero-order valence-electron chi connectivity index (χ0n) is 12.7. The summed E-state index contributed by atoms with van der Waals surface area (Å²) in [5, 5.41) is 0. The first-order chi connectivity index (χ1) is 11.2. The van der Waals surface area contributed by atoms with Gasteiger partial charge in [0.15, 0.2) is 0 Å². The van der Waals surface area contributed by atoms with E-state index in [2.05, 4.69) is 15.0 Å². The van der Waals surface area contributed by atoms with Crippen molar-refractivity contribution in [2.75, 3.05) is 13.1 Å². The van der Waals surface area contributed by atoms with Crippen LogP contribution in [-0.2, 0) is 4.79 Å². The lowest BCUT2D eigenvalue weighted by atomic mass is 10.1. The van der Waals surface area contributed by atoms with Gasteiger partial charge in [-0.15, -0.1) is 0 Å². The van der Waals surface area contributed by atoms with E-state index in [0.717, 1.165) is 25.8 Å². The van der Waals surface area contributed by atoms with Crippen LogP contribution in [0.3, 0.4) is 0 Å². The maximum atomic E-state index is 12.2. The highest BCUT2D eigenvalue weighted by atomic mass is 16.2. The minimum absolute atomic E-state index is 0.0917. The van der Waals surface area contributed by atoms with Crippen LogP contribution in [0.2, 0.25) is 0 Å². The van der Waals surface area contributed by atoms with Crippen LogP contribution < -0.4 is 5.56 Å². The number of nitrogens with one attached hydrogen (secondary N) is 1. The third-order valence-electron chi connectivity index (χ3n) is 4.50. The van der Waals surface area contributed by atoms with Gasteiger partial charge in [-0.1, -0.05) is 6.07 Å². The number of hydrogen-bond donors (Lipinski definition) is 1. The summed E-state index contributed by atoms with van der Waals surface area (Å²) in [5.41, 5.74) is 1.09. The Labute approximate surface area is 133 Å². The quantitative estimate of drug-likeness (QED) is 0.933. The number of aromatic amines is 1. The van der Waals surface area contributed by atoms with Crippen molar-refractivity contribution in [3.63, 3.8) is 0 Å². The third kappa shape index (κ3) is 2.88. The lowest BCUT2D eigenvalue weighted by Crippen LogP contribution is -2.30. The summed E-state index contributed by atoms with van der Waals surface area (Å²) < 4.78 is 0. The lowest BCUT2D eigenvalue weighted by molar-refractivity contribution is -0.131. The number of carbonyl (C=O) groups is 1. The molecule has 0 bridgehead atoms. The van der Waals surface area contributed by atoms with Gasteiger partial charge >= 0.3 is 0 Å². The number of amides is 1. The number of hydrogen-bond acceptors (Lipinski definition) is 4. The van der Waals surface area contributed by atoms with Gasteiger partial charge < -0.3 is 9.88 Å². The molecule has 2 aromatic rings. The summed E-state index contributed by atoms with van der Waals surface area (Å²) in [7, 11) is 0. The Morgan fingerprint density at radius 1 is 1.22 bits per heavy atom. The first-order valence-electron chi connectivity index (χ1n) is 8.02. The average molecular weight is 310 g/mol. The van der Waals surface area contributed by atoms with Gasteiger partial charge in [0.25, 0.3) is 5.56 Å². The molecule has 0 aromatic carbocycles. The molecule has 2 aliphatic rings. The number of rotatable bonds is 3. The number of likely N-dealkylation sites (tertiary alicyclic amines) is 1. The van der Waals surface area contributed by atoms with E-state index in [1.54, 1.807) is 6.20 Å². The van der Waals surface area contributed by atoms with Crippen molar-refractivity contribution in [2.45, 2.75) is 25.2 Å². The molecule has 2 fully saturated rings. The van der Waals surface area contributed by atoms with E-state index in [1.807, 2.05) is 23.1 Å². The molecule has 1 aliphatic heterocycles. The molecule has 0 spiro atoms. The maximum Gasteiger partial charge on any atom is 0.251 e. The van der Waals surface area contributed by atoms with E-state index in [-0.39, 0.29) is 23.3 Å². The molecular weight excluding hydrogens is 292 g/mol. The topological polar surface area (TPSA) is 79.0 Å². The van der Waals surface area contributed by atoms with Crippen LogP contribution in [0, 0.1) is 5.92 Å². The van der Waals surface area contributed by atoms with Gasteiger partial charge in [0.05, 0.1) is 11.4 Å². The smallest absolute Gasteiger partial charge is 0.251 e. The fourth-order valence-corrected chi connectivity index (χ4v) is 3.09. The molecule has 3 heterocycles. The molecule has 1 saturated carbocycles. The number of H-pyrrole nitrogens is 1. The SMILES string of the molecule is O=C(C1CC1)N1CC[C@H](c2nc(-c3ccccn3)cc(=O)[nH]2)C1. The van der Waals surface area contributed by atoms with Crippen LogP contribution in [-0.4, -0.2) is 38.8 Å². The van der Waals surface area contributed by atoms with Gasteiger partial charge in [-0.3, -0.25) is 14.6 Å². The molecule has 1 atom stereocenters. The Hall–Kier alpha value is -2.50. The van der Waals surface area contributed by atoms with E-state index in [4.69, 9.17) is 0 Å². The largest absolute Gasteiger partial charge is 0.342 e. The molecule has 1 amide bonds. The highest BCUT2D eigenvalue weighted by Gasteiger charge is 2.37. The summed E-state index contributed by atoms with van der Waals surface area (Å²) in [6.45, 7) is 1.39. The van der Waals surface area contributed by atoms with Crippen LogP contribution in [0.25, 0.3) is 11.4 Å². The molecule has 1 aliphatic carbocycles. The highest BCUT2D eigenvalue weighted by molar-refractivity contribution is 5.81. The van der Waals surface area contributed by atoms with Gasteiger partial charge in [0, 0.05) is 37.2 Å². The fraction of sp³-hybridized carbons (Fsp3) is 0.412. The number of nitrogens with zero attached hydrogens (tertiary/aromatic N) is 3. The van der Waals surface area contributed by atoms with Crippen LogP contribution in [0.1, 0.15) is 31.0 Å². The van der Waals surface area contributed by atoms with Crippen molar-refractivity contribution >= 4 is 5.91 Å².